The molecule has 1 rings (SSSR count). The number of aromatic nitrogens is 1. The maximum absolute atomic E-state index is 12.7. The molecule has 0 spiro atoms. The minimum atomic E-state index is -0.967. The average molecular weight is 173 g/mol. The Morgan fingerprint density at radius 1 is 1.58 bits per heavy atom. The molecule has 64 valence electrons. The third-order valence-corrected chi connectivity index (χ3v) is 1.16. The summed E-state index contributed by atoms with van der Waals surface area (Å²) < 4.78 is 25.0. The first kappa shape index (κ1) is 8.38. The monoisotopic (exact) mass is 173 g/mol. The zero-order valence-corrected chi connectivity index (χ0v) is 5.83. The van der Waals surface area contributed by atoms with E-state index in [1.165, 1.54) is 0 Å². The number of amidine groups is 1. The highest BCUT2D eigenvalue weighted by atomic mass is 19.1. The zero-order chi connectivity index (χ0) is 9.14. The summed E-state index contributed by atoms with van der Waals surface area (Å²) in [6, 6.07) is 0.598. The largest absolute Gasteiger partial charge is 0.409 e. The molecule has 12 heavy (non-hydrogen) atoms. The predicted molar refractivity (Wildman–Crippen MR) is 36.7 cm³/mol. The van der Waals surface area contributed by atoms with Crippen molar-refractivity contribution in [2.45, 2.75) is 0 Å². The lowest BCUT2D eigenvalue weighted by atomic mass is 10.3. The first-order valence-corrected chi connectivity index (χ1v) is 2.94. The Balaban J connectivity index is 3.18. The summed E-state index contributed by atoms with van der Waals surface area (Å²) in [5.74, 6) is -2.28. The molecule has 0 radical (unpaired) electrons. The van der Waals surface area contributed by atoms with Crippen LogP contribution in [0.1, 0.15) is 5.69 Å². The Hall–Kier alpha value is -1.72. The van der Waals surface area contributed by atoms with Crippen LogP contribution in [0.25, 0.3) is 0 Å². The molecule has 0 aliphatic rings. The number of nitrogens with zero attached hydrogens (tertiary/aromatic N) is 2. The molecule has 1 heterocycles. The number of nitrogens with two attached hydrogens (primary N) is 1. The van der Waals surface area contributed by atoms with Crippen molar-refractivity contribution in [2.75, 3.05) is 0 Å². The van der Waals surface area contributed by atoms with E-state index in [1.807, 2.05) is 0 Å². The highest BCUT2D eigenvalue weighted by Gasteiger charge is 2.08. The first-order valence-electron chi connectivity index (χ1n) is 2.94. The second kappa shape index (κ2) is 3.12. The van der Waals surface area contributed by atoms with E-state index < -0.39 is 17.5 Å². The SMILES string of the molecule is NC(=NO)c1ncc(F)cc1F. The summed E-state index contributed by atoms with van der Waals surface area (Å²) in [6.07, 6.45) is 0.774. The van der Waals surface area contributed by atoms with Crippen molar-refractivity contribution in [2.24, 2.45) is 10.9 Å². The molecule has 0 aliphatic heterocycles. The van der Waals surface area contributed by atoms with E-state index in [2.05, 4.69) is 10.1 Å². The molecule has 0 fully saturated rings. The van der Waals surface area contributed by atoms with Crippen molar-refractivity contribution in [1.82, 2.24) is 4.98 Å². The van der Waals surface area contributed by atoms with Gasteiger partial charge in [0.2, 0.25) is 0 Å². The smallest absolute Gasteiger partial charge is 0.191 e. The first-order chi connectivity index (χ1) is 5.65. The van der Waals surface area contributed by atoms with Crippen LogP contribution in [0.3, 0.4) is 0 Å². The van der Waals surface area contributed by atoms with Crippen molar-refractivity contribution in [3.05, 3.63) is 29.6 Å². The molecule has 0 amide bonds. The van der Waals surface area contributed by atoms with Gasteiger partial charge in [0.25, 0.3) is 0 Å². The molecule has 0 bridgehead atoms. The Morgan fingerprint density at radius 2 is 2.25 bits per heavy atom. The second-order valence-corrected chi connectivity index (χ2v) is 1.97. The van der Waals surface area contributed by atoms with E-state index in [4.69, 9.17) is 10.9 Å². The lowest BCUT2D eigenvalue weighted by Gasteiger charge is -1.98. The van der Waals surface area contributed by atoms with Gasteiger partial charge in [0.15, 0.2) is 11.7 Å². The molecule has 0 aromatic carbocycles. The van der Waals surface area contributed by atoms with E-state index >= 15 is 0 Å². The van der Waals surface area contributed by atoms with Crippen LogP contribution in [-0.4, -0.2) is 16.0 Å². The van der Waals surface area contributed by atoms with Gasteiger partial charge in [-0.3, -0.25) is 0 Å². The van der Waals surface area contributed by atoms with Crippen molar-refractivity contribution >= 4 is 5.84 Å². The summed E-state index contributed by atoms with van der Waals surface area (Å²) in [5, 5.41) is 10.7. The number of rotatable bonds is 1. The molecule has 3 N–H and O–H groups in total. The highest BCUT2D eigenvalue weighted by Crippen LogP contribution is 2.04. The third-order valence-electron chi connectivity index (χ3n) is 1.16. The minimum absolute atomic E-state index is 0.376. The molecule has 0 unspecified atom stereocenters. The Bertz CT molecular complexity index is 327. The summed E-state index contributed by atoms with van der Waals surface area (Å²) >= 11 is 0. The van der Waals surface area contributed by atoms with Crippen LogP contribution in [0, 0.1) is 11.6 Å². The van der Waals surface area contributed by atoms with Crippen LogP contribution in [0.4, 0.5) is 8.78 Å². The number of pyridine rings is 1. The number of halogens is 2. The molecule has 1 aromatic heterocycles. The zero-order valence-electron chi connectivity index (χ0n) is 5.83. The van der Waals surface area contributed by atoms with Gasteiger partial charge < -0.3 is 10.9 Å². The average Bonchev–Trinajstić information content (AvgIpc) is 2.03. The van der Waals surface area contributed by atoms with Crippen molar-refractivity contribution in [3.8, 4) is 0 Å². The van der Waals surface area contributed by atoms with Gasteiger partial charge in [-0.1, -0.05) is 5.16 Å². The molecule has 0 saturated heterocycles. The van der Waals surface area contributed by atoms with Crippen LogP contribution >= 0.6 is 0 Å². The lowest BCUT2D eigenvalue weighted by molar-refractivity contribution is 0.318. The summed E-state index contributed by atoms with van der Waals surface area (Å²) in [5.41, 5.74) is 4.64. The lowest BCUT2D eigenvalue weighted by Crippen LogP contribution is -2.17. The van der Waals surface area contributed by atoms with Crippen molar-refractivity contribution < 1.29 is 14.0 Å². The van der Waals surface area contributed by atoms with Gasteiger partial charge in [0.1, 0.15) is 11.5 Å². The summed E-state index contributed by atoms with van der Waals surface area (Å²) in [4.78, 5) is 3.28. The summed E-state index contributed by atoms with van der Waals surface area (Å²) in [6.45, 7) is 0. The van der Waals surface area contributed by atoms with Gasteiger partial charge in [0, 0.05) is 6.07 Å². The van der Waals surface area contributed by atoms with Crippen molar-refractivity contribution in [1.29, 1.82) is 0 Å². The normalized spacial score (nSPS) is 11.7. The van der Waals surface area contributed by atoms with E-state index in [9.17, 15) is 8.78 Å². The maximum Gasteiger partial charge on any atom is 0.191 e. The van der Waals surface area contributed by atoms with Gasteiger partial charge >= 0.3 is 0 Å². The number of hydrogen-bond donors (Lipinski definition) is 2. The van der Waals surface area contributed by atoms with Gasteiger partial charge in [-0.05, 0) is 0 Å². The molecule has 0 aliphatic carbocycles. The predicted octanol–water partition coefficient (Wildman–Crippen LogP) is 0.454. The molecule has 1 aromatic rings. The molecular formula is C6H5F2N3O. The van der Waals surface area contributed by atoms with E-state index in [0.717, 1.165) is 6.20 Å². The maximum atomic E-state index is 12.7. The number of hydrogen-bond acceptors (Lipinski definition) is 3. The fourth-order valence-corrected chi connectivity index (χ4v) is 0.650. The summed E-state index contributed by atoms with van der Waals surface area (Å²) in [7, 11) is 0. The Morgan fingerprint density at radius 3 is 2.75 bits per heavy atom. The van der Waals surface area contributed by atoms with Crippen LogP contribution < -0.4 is 5.73 Å². The third kappa shape index (κ3) is 1.47. The molecule has 4 nitrogen and oxygen atoms in total. The highest BCUT2D eigenvalue weighted by molar-refractivity contribution is 5.95. The molecular weight excluding hydrogens is 168 g/mol. The molecule has 0 saturated carbocycles. The van der Waals surface area contributed by atoms with Crippen LogP contribution in [0.2, 0.25) is 0 Å². The fraction of sp³-hybridized carbons (Fsp3) is 0. The van der Waals surface area contributed by atoms with E-state index in [-0.39, 0.29) is 5.69 Å². The van der Waals surface area contributed by atoms with Gasteiger partial charge in [-0.2, -0.15) is 0 Å². The van der Waals surface area contributed by atoms with Gasteiger partial charge in [-0.15, -0.1) is 0 Å². The van der Waals surface area contributed by atoms with Gasteiger partial charge in [-0.25, -0.2) is 13.8 Å². The van der Waals surface area contributed by atoms with Crippen molar-refractivity contribution in [3.63, 3.8) is 0 Å². The topological polar surface area (TPSA) is 71.5 Å². The number of oxime groups is 1. The minimum Gasteiger partial charge on any atom is -0.409 e. The molecule has 0 atom stereocenters. The van der Waals surface area contributed by atoms with E-state index in [0.29, 0.717) is 6.07 Å². The standard InChI is InChI=1S/C6H5F2N3O/c7-3-1-4(8)5(10-2-3)6(9)11-12/h1-2,12H,(H2,9,11). The second-order valence-electron chi connectivity index (χ2n) is 1.97. The Labute approximate surface area is 66.3 Å². The van der Waals surface area contributed by atoms with Gasteiger partial charge in [0.05, 0.1) is 6.20 Å². The van der Waals surface area contributed by atoms with Crippen LogP contribution in [0.15, 0.2) is 17.4 Å². The fourth-order valence-electron chi connectivity index (χ4n) is 0.650. The van der Waals surface area contributed by atoms with Crippen LogP contribution in [0.5, 0.6) is 0 Å². The quantitative estimate of drug-likeness (QED) is 0.280. The van der Waals surface area contributed by atoms with E-state index in [1.54, 1.807) is 0 Å². The molecule has 6 heteroatoms. The Kier molecular flexibility index (Phi) is 2.18. The van der Waals surface area contributed by atoms with Crippen LogP contribution in [-0.2, 0) is 0 Å².